The van der Waals surface area contributed by atoms with Crippen LogP contribution in [-0.4, -0.2) is 46.0 Å². The van der Waals surface area contributed by atoms with Gasteiger partial charge in [-0.1, -0.05) is 54.6 Å². The number of alkyl halides is 1. The molecule has 3 rings (SSSR count). The summed E-state index contributed by atoms with van der Waals surface area (Å²) < 4.78 is 5.87. The molecule has 1 fully saturated rings. The monoisotopic (exact) mass is 506 g/mol. The molecule has 2 atom stereocenters. The lowest BCUT2D eigenvalue weighted by atomic mass is 10.0. The van der Waals surface area contributed by atoms with Gasteiger partial charge in [0.1, 0.15) is 11.8 Å². The third kappa shape index (κ3) is 5.77. The summed E-state index contributed by atoms with van der Waals surface area (Å²) in [4.78, 5) is 51.0. The van der Waals surface area contributed by atoms with Gasteiger partial charge in [-0.15, -0.1) is 0 Å². The number of nitrogens with one attached hydrogen (secondary N) is 1. The lowest BCUT2D eigenvalue weighted by Gasteiger charge is -2.27. The van der Waals surface area contributed by atoms with Gasteiger partial charge in [-0.2, -0.15) is 0 Å². The van der Waals surface area contributed by atoms with Gasteiger partial charge in [0, 0.05) is 11.2 Å². The van der Waals surface area contributed by atoms with Gasteiger partial charge in [0.05, 0.1) is 17.7 Å². The molecule has 2 aliphatic rings. The maximum absolute atomic E-state index is 13.0. The minimum Gasteiger partial charge on any atom is -0.493 e. The van der Waals surface area contributed by atoms with Crippen molar-refractivity contribution in [1.82, 2.24) is 10.2 Å². The minimum absolute atomic E-state index is 0.0976. The number of hydrogen-bond acceptors (Lipinski definition) is 5. The molecule has 0 radical (unpaired) electrons. The number of carbonyl (C=O) groups excluding carboxylic acids is 4. The number of nitrogens with zero attached hydrogens (tertiary/aromatic N) is 1. The predicted octanol–water partition coefficient (Wildman–Crippen LogP) is 4.37. The van der Waals surface area contributed by atoms with Crippen molar-refractivity contribution in [2.75, 3.05) is 6.61 Å². The number of amides is 4. The zero-order valence-corrected chi connectivity index (χ0v) is 20.1. The first-order valence-electron chi connectivity index (χ1n) is 11.6. The lowest BCUT2D eigenvalue weighted by Crippen LogP contribution is -2.54. The number of fused-ring (bicyclic) bond motifs is 1. The molecule has 2 unspecified atom stereocenters. The molecule has 1 aromatic carbocycles. The Balaban J connectivity index is 1.53. The molecular weight excluding hydrogens is 476 g/mol. The molecular formula is C24H31BrN2O5. The van der Waals surface area contributed by atoms with Crippen molar-refractivity contribution in [3.8, 4) is 5.75 Å². The fourth-order valence-corrected chi connectivity index (χ4v) is 4.84. The molecule has 8 heteroatoms. The predicted molar refractivity (Wildman–Crippen MR) is 124 cm³/mol. The molecule has 1 N–H and O–H groups in total. The summed E-state index contributed by atoms with van der Waals surface area (Å²) in [6, 6.07) is 3.96. The molecule has 1 aromatic rings. The molecule has 2 aliphatic heterocycles. The van der Waals surface area contributed by atoms with Crippen LogP contribution in [0.3, 0.4) is 0 Å². The normalized spacial score (nSPS) is 19.2. The largest absolute Gasteiger partial charge is 0.493 e. The highest BCUT2D eigenvalue weighted by atomic mass is 79.9. The molecule has 0 aromatic heterocycles. The number of piperidine rings is 1. The van der Waals surface area contributed by atoms with Crippen molar-refractivity contribution in [2.24, 2.45) is 0 Å². The van der Waals surface area contributed by atoms with E-state index in [9.17, 15) is 19.2 Å². The molecule has 32 heavy (non-hydrogen) atoms. The summed E-state index contributed by atoms with van der Waals surface area (Å²) in [5.41, 5.74) is 0.446. The van der Waals surface area contributed by atoms with Crippen molar-refractivity contribution in [3.05, 3.63) is 29.3 Å². The Bertz CT molecular complexity index is 872. The smallest absolute Gasteiger partial charge is 0.266 e. The molecule has 0 saturated carbocycles. The summed E-state index contributed by atoms with van der Waals surface area (Å²) >= 11 is 3.75. The van der Waals surface area contributed by atoms with Gasteiger partial charge < -0.3 is 4.74 Å². The first-order chi connectivity index (χ1) is 15.4. The summed E-state index contributed by atoms with van der Waals surface area (Å²) in [5.74, 6) is -1.70. The van der Waals surface area contributed by atoms with E-state index in [0.29, 0.717) is 17.2 Å². The number of hydrogen-bond donors (Lipinski definition) is 1. The minimum atomic E-state index is -0.971. The zero-order valence-electron chi connectivity index (χ0n) is 18.5. The van der Waals surface area contributed by atoms with Crippen LogP contribution in [-0.2, 0) is 9.59 Å². The fourth-order valence-electron chi connectivity index (χ4n) is 4.19. The van der Waals surface area contributed by atoms with E-state index in [-0.39, 0.29) is 24.0 Å². The average molecular weight is 507 g/mol. The number of ether oxygens (including phenoxy) is 1. The first kappa shape index (κ1) is 24.4. The van der Waals surface area contributed by atoms with Crippen LogP contribution < -0.4 is 10.1 Å². The van der Waals surface area contributed by atoms with Crippen LogP contribution >= 0.6 is 15.9 Å². The van der Waals surface area contributed by atoms with Crippen LogP contribution in [0, 0.1) is 0 Å². The van der Waals surface area contributed by atoms with E-state index < -0.39 is 29.7 Å². The average Bonchev–Trinajstić information content (AvgIpc) is 3.02. The molecule has 0 aliphatic carbocycles. The van der Waals surface area contributed by atoms with Gasteiger partial charge in [-0.3, -0.25) is 29.4 Å². The summed E-state index contributed by atoms with van der Waals surface area (Å²) in [7, 11) is 0. The summed E-state index contributed by atoms with van der Waals surface area (Å²) in [5, 5.41) is 2.21. The second kappa shape index (κ2) is 11.6. The van der Waals surface area contributed by atoms with E-state index in [1.54, 1.807) is 18.2 Å². The topological polar surface area (TPSA) is 92.8 Å². The highest BCUT2D eigenvalue weighted by Gasteiger charge is 2.45. The Morgan fingerprint density at radius 2 is 1.81 bits per heavy atom. The Kier molecular flexibility index (Phi) is 8.84. The van der Waals surface area contributed by atoms with E-state index in [0.717, 1.165) is 24.2 Å². The summed E-state index contributed by atoms with van der Waals surface area (Å²) in [6.07, 6.45) is 9.40. The number of unbranched alkanes of at least 4 members (excludes halogenated alkanes) is 4. The zero-order chi connectivity index (χ0) is 23.1. The maximum Gasteiger partial charge on any atom is 0.266 e. The number of carbonyl (C=O) groups is 4. The number of benzene rings is 1. The van der Waals surface area contributed by atoms with Crippen molar-refractivity contribution >= 4 is 39.6 Å². The van der Waals surface area contributed by atoms with Crippen molar-refractivity contribution in [1.29, 1.82) is 0 Å². The van der Waals surface area contributed by atoms with Gasteiger partial charge in [0.15, 0.2) is 0 Å². The molecule has 7 nitrogen and oxygen atoms in total. The second-order valence-electron chi connectivity index (χ2n) is 8.42. The molecule has 1 saturated heterocycles. The Labute approximate surface area is 197 Å². The fraction of sp³-hybridized carbons (Fsp3) is 0.583. The van der Waals surface area contributed by atoms with Gasteiger partial charge in [0.2, 0.25) is 11.8 Å². The van der Waals surface area contributed by atoms with Crippen LogP contribution in [0.1, 0.15) is 91.8 Å². The standard InChI is InChI=1S/C24H31BrN2O5/c1-2-3-4-5-9-16(25)10-6-7-15-32-19-12-8-11-17-21(19)24(31)27(23(17)30)18-13-14-20(28)26-22(18)29/h8,11-12,16,18H,2-7,9-10,13-15H2,1H3,(H,26,28,29). The van der Waals surface area contributed by atoms with Crippen molar-refractivity contribution in [3.63, 3.8) is 0 Å². The molecule has 4 amide bonds. The molecule has 174 valence electrons. The van der Waals surface area contributed by atoms with Crippen molar-refractivity contribution < 1.29 is 23.9 Å². The third-order valence-electron chi connectivity index (χ3n) is 5.97. The number of imide groups is 2. The van der Waals surface area contributed by atoms with E-state index in [4.69, 9.17) is 4.74 Å². The van der Waals surface area contributed by atoms with Gasteiger partial charge in [0.25, 0.3) is 11.8 Å². The molecule has 2 heterocycles. The highest BCUT2D eigenvalue weighted by Crippen LogP contribution is 2.33. The Morgan fingerprint density at radius 1 is 1.06 bits per heavy atom. The van der Waals surface area contributed by atoms with Gasteiger partial charge in [-0.25, -0.2) is 0 Å². The van der Waals surface area contributed by atoms with Crippen LogP contribution in [0.5, 0.6) is 5.75 Å². The van der Waals surface area contributed by atoms with Gasteiger partial charge >= 0.3 is 0 Å². The quantitative estimate of drug-likeness (QED) is 0.258. The number of rotatable bonds is 12. The SMILES string of the molecule is CCCCCCC(Br)CCCCOc1cccc2c1C(=O)N(C1CCC(=O)NC1=O)C2=O. The molecule has 0 spiro atoms. The van der Waals surface area contributed by atoms with Crippen molar-refractivity contribution in [2.45, 2.75) is 82.0 Å². The third-order valence-corrected chi connectivity index (χ3v) is 6.89. The highest BCUT2D eigenvalue weighted by molar-refractivity contribution is 9.09. The van der Waals surface area contributed by atoms with E-state index in [2.05, 4.69) is 28.2 Å². The Hall–Kier alpha value is -2.22. The van der Waals surface area contributed by atoms with Crippen LogP contribution in [0.15, 0.2) is 18.2 Å². The lowest BCUT2D eigenvalue weighted by molar-refractivity contribution is -0.136. The van der Waals surface area contributed by atoms with E-state index in [1.807, 2.05) is 0 Å². The van der Waals surface area contributed by atoms with Crippen LogP contribution in [0.4, 0.5) is 0 Å². The molecule has 0 bridgehead atoms. The first-order valence-corrected chi connectivity index (χ1v) is 12.5. The Morgan fingerprint density at radius 3 is 2.53 bits per heavy atom. The second-order valence-corrected chi connectivity index (χ2v) is 9.71. The van der Waals surface area contributed by atoms with E-state index in [1.165, 1.54) is 32.1 Å². The van der Waals surface area contributed by atoms with Crippen LogP contribution in [0.2, 0.25) is 0 Å². The van der Waals surface area contributed by atoms with Crippen LogP contribution in [0.25, 0.3) is 0 Å². The maximum atomic E-state index is 13.0. The number of halogens is 1. The van der Waals surface area contributed by atoms with E-state index >= 15 is 0 Å². The summed E-state index contributed by atoms with van der Waals surface area (Å²) in [6.45, 7) is 2.66. The van der Waals surface area contributed by atoms with Gasteiger partial charge in [-0.05, 0) is 44.2 Å².